The van der Waals surface area contributed by atoms with Gasteiger partial charge in [-0.05, 0) is 36.1 Å². The highest BCUT2D eigenvalue weighted by Gasteiger charge is 2.07. The summed E-state index contributed by atoms with van der Waals surface area (Å²) in [5.74, 6) is 1.24. The van der Waals surface area contributed by atoms with Gasteiger partial charge in [-0.3, -0.25) is 4.99 Å². The van der Waals surface area contributed by atoms with Crippen LogP contribution < -0.4 is 10.6 Å². The van der Waals surface area contributed by atoms with Crippen molar-refractivity contribution in [3.8, 4) is 0 Å². The van der Waals surface area contributed by atoms with Crippen LogP contribution in [0.15, 0.2) is 34.8 Å². The molecule has 2 heterocycles. The lowest BCUT2D eigenvalue weighted by atomic mass is 10.1. The van der Waals surface area contributed by atoms with E-state index in [0.29, 0.717) is 12.5 Å². The number of halogens is 2. The van der Waals surface area contributed by atoms with E-state index in [4.69, 9.17) is 11.6 Å². The number of nitrogens with one attached hydrogen (secondary N) is 3. The smallest absolute Gasteiger partial charge is 0.191 e. The maximum absolute atomic E-state index is 6.11. The predicted molar refractivity (Wildman–Crippen MR) is 127 cm³/mol. The van der Waals surface area contributed by atoms with E-state index in [0.717, 1.165) is 40.2 Å². The Morgan fingerprint density at radius 1 is 1.33 bits per heavy atom. The van der Waals surface area contributed by atoms with Gasteiger partial charge in [-0.1, -0.05) is 25.4 Å². The van der Waals surface area contributed by atoms with Crippen molar-refractivity contribution in [2.75, 3.05) is 13.6 Å². The monoisotopic (exact) mass is 517 g/mol. The molecular formula is C19H25ClIN5S. The van der Waals surface area contributed by atoms with E-state index in [9.17, 15) is 0 Å². The molecule has 5 nitrogen and oxygen atoms in total. The zero-order chi connectivity index (χ0) is 18.5. The molecule has 0 amide bonds. The van der Waals surface area contributed by atoms with E-state index in [-0.39, 0.29) is 24.0 Å². The third-order valence-electron chi connectivity index (χ3n) is 4.21. The zero-order valence-corrected chi connectivity index (χ0v) is 19.6. The second-order valence-electron chi connectivity index (χ2n) is 6.43. The number of aromatic nitrogens is 2. The minimum Gasteiger partial charge on any atom is -0.361 e. The van der Waals surface area contributed by atoms with Gasteiger partial charge in [0, 0.05) is 41.1 Å². The number of aliphatic imine (C=N–C) groups is 1. The van der Waals surface area contributed by atoms with Crippen molar-refractivity contribution < 1.29 is 0 Å². The normalized spacial score (nSPS) is 11.7. The van der Waals surface area contributed by atoms with E-state index < -0.39 is 0 Å². The molecule has 0 saturated carbocycles. The minimum absolute atomic E-state index is 0. The molecule has 0 saturated heterocycles. The van der Waals surface area contributed by atoms with Crippen molar-refractivity contribution in [1.29, 1.82) is 0 Å². The zero-order valence-electron chi connectivity index (χ0n) is 15.7. The summed E-state index contributed by atoms with van der Waals surface area (Å²) in [7, 11) is 1.78. The first kappa shape index (κ1) is 22.0. The third-order valence-corrected chi connectivity index (χ3v) is 5.31. The molecule has 0 atom stereocenters. The van der Waals surface area contributed by atoms with Crippen LogP contribution in [0.4, 0.5) is 0 Å². The molecule has 0 bridgehead atoms. The van der Waals surface area contributed by atoms with Crippen LogP contribution >= 0.6 is 46.9 Å². The maximum Gasteiger partial charge on any atom is 0.191 e. The number of hydrogen-bond donors (Lipinski definition) is 3. The van der Waals surface area contributed by atoms with Crippen LogP contribution in [0.1, 0.15) is 36.0 Å². The van der Waals surface area contributed by atoms with Crippen LogP contribution in [0.5, 0.6) is 0 Å². The Morgan fingerprint density at radius 3 is 2.85 bits per heavy atom. The number of aromatic amines is 1. The van der Waals surface area contributed by atoms with E-state index in [1.165, 1.54) is 10.9 Å². The van der Waals surface area contributed by atoms with Gasteiger partial charge >= 0.3 is 0 Å². The number of fused-ring (bicyclic) bond motifs is 1. The number of rotatable bonds is 6. The van der Waals surface area contributed by atoms with Crippen LogP contribution in [0.25, 0.3) is 10.9 Å². The van der Waals surface area contributed by atoms with Crippen LogP contribution in [0, 0.1) is 0 Å². The van der Waals surface area contributed by atoms with Crippen LogP contribution in [-0.4, -0.2) is 29.5 Å². The Hall–Kier alpha value is -1.32. The van der Waals surface area contributed by atoms with Crippen molar-refractivity contribution in [2.45, 2.75) is 32.7 Å². The first-order valence-electron chi connectivity index (χ1n) is 8.71. The molecule has 3 N–H and O–H groups in total. The van der Waals surface area contributed by atoms with Gasteiger partial charge in [0.1, 0.15) is 5.01 Å². The first-order chi connectivity index (χ1) is 12.6. The average Bonchev–Trinajstić information content (AvgIpc) is 3.25. The molecule has 0 unspecified atom stereocenters. The standard InChI is InChI=1S/C19H24ClN5S.HI/c1-12(2)17-11-26-18(25-17)10-24-19(21-3)22-7-6-13-9-23-16-5-4-14(20)8-15(13)16;/h4-5,8-9,11-12,23H,6-7,10H2,1-3H3,(H2,21,22,24);1H. The van der Waals surface area contributed by atoms with Crippen molar-refractivity contribution in [2.24, 2.45) is 4.99 Å². The molecule has 8 heteroatoms. The number of nitrogens with zero attached hydrogens (tertiary/aromatic N) is 2. The van der Waals surface area contributed by atoms with Crippen molar-refractivity contribution >= 4 is 63.8 Å². The summed E-state index contributed by atoms with van der Waals surface area (Å²) in [5.41, 5.74) is 3.50. The Balaban J connectivity index is 0.00000261. The van der Waals surface area contributed by atoms with Crippen LogP contribution in [0.2, 0.25) is 5.02 Å². The molecule has 3 rings (SSSR count). The molecule has 3 aromatic rings. The summed E-state index contributed by atoms with van der Waals surface area (Å²) >= 11 is 7.79. The summed E-state index contributed by atoms with van der Waals surface area (Å²) in [5, 5.41) is 11.8. The highest BCUT2D eigenvalue weighted by molar-refractivity contribution is 14.0. The predicted octanol–water partition coefficient (Wildman–Crippen LogP) is 4.93. The summed E-state index contributed by atoms with van der Waals surface area (Å²) in [6.07, 6.45) is 2.93. The fourth-order valence-corrected chi connectivity index (χ4v) is 3.79. The summed E-state index contributed by atoms with van der Waals surface area (Å²) in [6, 6.07) is 5.91. The van der Waals surface area contributed by atoms with E-state index in [1.54, 1.807) is 18.4 Å². The van der Waals surface area contributed by atoms with E-state index in [1.807, 2.05) is 24.4 Å². The highest BCUT2D eigenvalue weighted by Crippen LogP contribution is 2.22. The summed E-state index contributed by atoms with van der Waals surface area (Å²) in [6.45, 7) is 5.78. The quantitative estimate of drug-likeness (QED) is 0.247. The van der Waals surface area contributed by atoms with Gasteiger partial charge in [0.2, 0.25) is 0 Å². The number of H-pyrrole nitrogens is 1. The van der Waals surface area contributed by atoms with E-state index >= 15 is 0 Å². The Morgan fingerprint density at radius 2 is 2.15 bits per heavy atom. The second-order valence-corrected chi connectivity index (χ2v) is 7.81. The van der Waals surface area contributed by atoms with Gasteiger partial charge in [-0.2, -0.15) is 0 Å². The lowest BCUT2D eigenvalue weighted by molar-refractivity contribution is 0.779. The minimum atomic E-state index is 0. The molecule has 0 aliphatic rings. The summed E-state index contributed by atoms with van der Waals surface area (Å²) < 4.78 is 0. The van der Waals surface area contributed by atoms with Gasteiger partial charge in [0.25, 0.3) is 0 Å². The Kier molecular flexibility index (Phi) is 8.37. The molecule has 1 aromatic carbocycles. The molecule has 0 fully saturated rings. The average molecular weight is 518 g/mol. The fourth-order valence-electron chi connectivity index (χ4n) is 2.72. The molecule has 0 spiro atoms. The fraction of sp³-hybridized carbons (Fsp3) is 0.368. The molecule has 0 aliphatic heterocycles. The lowest BCUT2D eigenvalue weighted by Crippen LogP contribution is -2.37. The van der Waals surface area contributed by atoms with Crippen LogP contribution in [0.3, 0.4) is 0 Å². The molecule has 146 valence electrons. The van der Waals surface area contributed by atoms with Crippen molar-refractivity contribution in [1.82, 2.24) is 20.6 Å². The lowest BCUT2D eigenvalue weighted by Gasteiger charge is -2.10. The topological polar surface area (TPSA) is 65.1 Å². The molecule has 27 heavy (non-hydrogen) atoms. The van der Waals surface area contributed by atoms with Gasteiger partial charge < -0.3 is 15.6 Å². The highest BCUT2D eigenvalue weighted by atomic mass is 127. The largest absolute Gasteiger partial charge is 0.361 e. The third kappa shape index (κ3) is 5.83. The van der Waals surface area contributed by atoms with Gasteiger partial charge in [-0.15, -0.1) is 35.3 Å². The number of benzene rings is 1. The van der Waals surface area contributed by atoms with E-state index in [2.05, 4.69) is 44.8 Å². The van der Waals surface area contributed by atoms with Crippen molar-refractivity contribution in [3.63, 3.8) is 0 Å². The number of thiazole rings is 1. The first-order valence-corrected chi connectivity index (χ1v) is 9.97. The second kappa shape index (κ2) is 10.3. The van der Waals surface area contributed by atoms with Gasteiger partial charge in [-0.25, -0.2) is 4.98 Å². The van der Waals surface area contributed by atoms with Crippen molar-refractivity contribution in [3.05, 3.63) is 51.1 Å². The molecule has 0 radical (unpaired) electrons. The molecular weight excluding hydrogens is 493 g/mol. The van der Waals surface area contributed by atoms with Crippen LogP contribution in [-0.2, 0) is 13.0 Å². The van der Waals surface area contributed by atoms with Gasteiger partial charge in [0.15, 0.2) is 5.96 Å². The maximum atomic E-state index is 6.11. The Bertz CT molecular complexity index is 903. The number of hydrogen-bond acceptors (Lipinski definition) is 3. The SMILES string of the molecule is CN=C(NCCc1c[nH]c2ccc(Cl)cc12)NCc1nc(C(C)C)cs1.I. The molecule has 0 aliphatic carbocycles. The van der Waals surface area contributed by atoms with Gasteiger partial charge in [0.05, 0.1) is 12.2 Å². The summed E-state index contributed by atoms with van der Waals surface area (Å²) in [4.78, 5) is 12.2. The number of guanidine groups is 1. The molecule has 2 aromatic heterocycles. The Labute approximate surface area is 186 Å².